The number of carbonyl (C=O) groups excluding carboxylic acids is 2. The first-order valence-corrected chi connectivity index (χ1v) is 11.4. The van der Waals surface area contributed by atoms with Gasteiger partial charge in [0.2, 0.25) is 5.91 Å². The van der Waals surface area contributed by atoms with Crippen LogP contribution in [0.1, 0.15) is 23.7 Å². The first-order chi connectivity index (χ1) is 14.0. The van der Waals surface area contributed by atoms with E-state index in [1.54, 1.807) is 30.3 Å². The second-order valence-electron chi connectivity index (χ2n) is 7.61. The lowest BCUT2D eigenvalue weighted by molar-refractivity contribution is -0.117. The molecule has 4 rings (SSSR count). The van der Waals surface area contributed by atoms with Gasteiger partial charge in [-0.25, -0.2) is 0 Å². The Bertz CT molecular complexity index is 930. The first kappa shape index (κ1) is 20.1. The van der Waals surface area contributed by atoms with Crippen molar-refractivity contribution >= 4 is 52.2 Å². The standard InChI is InChI=1S/C22H24ClN3O2S/c1-14-11-18(14)22(28)25-16-4-2-3-15(12-16)21(27)24-17-5-6-20(19(23)13-17)26-7-9-29-10-8-26/h2-6,12-14,18H,7-11H2,1H3,(H,24,27)(H,25,28). The van der Waals surface area contributed by atoms with Gasteiger partial charge in [0, 0.05) is 47.5 Å². The van der Waals surface area contributed by atoms with E-state index < -0.39 is 0 Å². The summed E-state index contributed by atoms with van der Waals surface area (Å²) in [5.74, 6) is 2.51. The highest BCUT2D eigenvalue weighted by Gasteiger charge is 2.39. The molecule has 2 fully saturated rings. The summed E-state index contributed by atoms with van der Waals surface area (Å²) in [6, 6.07) is 12.6. The van der Waals surface area contributed by atoms with Gasteiger partial charge in [0.1, 0.15) is 0 Å². The second kappa shape index (κ2) is 8.67. The fourth-order valence-electron chi connectivity index (χ4n) is 3.51. The van der Waals surface area contributed by atoms with Crippen molar-refractivity contribution in [1.82, 2.24) is 0 Å². The number of rotatable bonds is 5. The Morgan fingerprint density at radius 3 is 2.48 bits per heavy atom. The van der Waals surface area contributed by atoms with Gasteiger partial charge < -0.3 is 15.5 Å². The van der Waals surface area contributed by atoms with E-state index in [0.29, 0.717) is 27.9 Å². The van der Waals surface area contributed by atoms with Crippen molar-refractivity contribution in [2.45, 2.75) is 13.3 Å². The molecule has 2 aliphatic rings. The van der Waals surface area contributed by atoms with Crippen LogP contribution in [0.25, 0.3) is 0 Å². The summed E-state index contributed by atoms with van der Waals surface area (Å²) in [5, 5.41) is 6.43. The van der Waals surface area contributed by atoms with Gasteiger partial charge in [-0.15, -0.1) is 0 Å². The highest BCUT2D eigenvalue weighted by Crippen LogP contribution is 2.38. The molecule has 2 amide bonds. The molecule has 2 atom stereocenters. The van der Waals surface area contributed by atoms with Crippen molar-refractivity contribution in [2.24, 2.45) is 11.8 Å². The Hall–Kier alpha value is -2.18. The van der Waals surface area contributed by atoms with E-state index >= 15 is 0 Å². The number of anilines is 3. The van der Waals surface area contributed by atoms with Crippen LogP contribution in [0.5, 0.6) is 0 Å². The number of hydrogen-bond donors (Lipinski definition) is 2. The van der Waals surface area contributed by atoms with Crippen molar-refractivity contribution in [3.05, 3.63) is 53.1 Å². The number of hydrogen-bond acceptors (Lipinski definition) is 4. The number of carbonyl (C=O) groups is 2. The van der Waals surface area contributed by atoms with Crippen LogP contribution < -0.4 is 15.5 Å². The average molecular weight is 430 g/mol. The predicted molar refractivity (Wildman–Crippen MR) is 121 cm³/mol. The molecule has 29 heavy (non-hydrogen) atoms. The molecular weight excluding hydrogens is 406 g/mol. The Morgan fingerprint density at radius 2 is 1.79 bits per heavy atom. The summed E-state index contributed by atoms with van der Waals surface area (Å²) >= 11 is 8.42. The summed E-state index contributed by atoms with van der Waals surface area (Å²) < 4.78 is 0. The average Bonchev–Trinajstić information content (AvgIpc) is 3.46. The van der Waals surface area contributed by atoms with E-state index in [0.717, 1.165) is 36.7 Å². The van der Waals surface area contributed by atoms with E-state index in [2.05, 4.69) is 22.5 Å². The van der Waals surface area contributed by atoms with Crippen LogP contribution in [0.15, 0.2) is 42.5 Å². The zero-order valence-corrected chi connectivity index (χ0v) is 17.9. The van der Waals surface area contributed by atoms with Crippen LogP contribution in [0.4, 0.5) is 17.1 Å². The molecule has 1 aliphatic heterocycles. The maximum atomic E-state index is 12.7. The molecule has 0 aromatic heterocycles. The lowest BCUT2D eigenvalue weighted by Crippen LogP contribution is -2.32. The van der Waals surface area contributed by atoms with E-state index in [1.165, 1.54) is 0 Å². The minimum atomic E-state index is -0.237. The number of halogens is 1. The van der Waals surface area contributed by atoms with Crippen LogP contribution in [0.2, 0.25) is 5.02 Å². The molecule has 152 valence electrons. The quantitative estimate of drug-likeness (QED) is 0.720. The molecule has 1 aliphatic carbocycles. The summed E-state index contributed by atoms with van der Waals surface area (Å²) in [6.45, 7) is 4.03. The van der Waals surface area contributed by atoms with Crippen molar-refractivity contribution < 1.29 is 9.59 Å². The molecule has 5 nitrogen and oxygen atoms in total. The Balaban J connectivity index is 1.41. The Kier molecular flexibility index (Phi) is 6.01. The molecule has 7 heteroatoms. The van der Waals surface area contributed by atoms with Crippen LogP contribution in [0.3, 0.4) is 0 Å². The van der Waals surface area contributed by atoms with Gasteiger partial charge in [-0.2, -0.15) is 11.8 Å². The third-order valence-corrected chi connectivity index (χ3v) is 6.64. The van der Waals surface area contributed by atoms with Gasteiger partial charge >= 0.3 is 0 Å². The number of amides is 2. The first-order valence-electron chi connectivity index (χ1n) is 9.86. The smallest absolute Gasteiger partial charge is 0.255 e. The molecule has 2 aromatic carbocycles. The Morgan fingerprint density at radius 1 is 1.07 bits per heavy atom. The topological polar surface area (TPSA) is 61.4 Å². The van der Waals surface area contributed by atoms with Crippen molar-refractivity contribution in [3.63, 3.8) is 0 Å². The minimum Gasteiger partial charge on any atom is -0.369 e. The SMILES string of the molecule is CC1CC1C(=O)Nc1cccc(C(=O)Nc2ccc(N3CCSCC3)c(Cl)c2)c1. The monoisotopic (exact) mass is 429 g/mol. The summed E-state index contributed by atoms with van der Waals surface area (Å²) in [5.41, 5.74) is 2.78. The molecule has 2 unspecified atom stereocenters. The number of thioether (sulfide) groups is 1. The fourth-order valence-corrected chi connectivity index (χ4v) is 4.71. The van der Waals surface area contributed by atoms with E-state index in [9.17, 15) is 9.59 Å². The van der Waals surface area contributed by atoms with Gasteiger partial charge in [0.15, 0.2) is 0 Å². The van der Waals surface area contributed by atoms with Gasteiger partial charge in [0.25, 0.3) is 5.91 Å². The third kappa shape index (κ3) is 4.87. The number of benzene rings is 2. The van der Waals surface area contributed by atoms with Crippen LogP contribution in [-0.4, -0.2) is 36.4 Å². The van der Waals surface area contributed by atoms with Crippen LogP contribution >= 0.6 is 23.4 Å². The molecule has 0 spiro atoms. The highest BCUT2D eigenvalue weighted by molar-refractivity contribution is 7.99. The molecule has 2 N–H and O–H groups in total. The van der Waals surface area contributed by atoms with Crippen LogP contribution in [0, 0.1) is 11.8 Å². The lowest BCUT2D eigenvalue weighted by atomic mass is 10.1. The molecular formula is C22H24ClN3O2S. The third-order valence-electron chi connectivity index (χ3n) is 5.40. The predicted octanol–water partition coefficient (Wildman–Crippen LogP) is 4.74. The Labute approximate surface area is 180 Å². The zero-order valence-electron chi connectivity index (χ0n) is 16.3. The molecule has 0 bridgehead atoms. The van der Waals surface area contributed by atoms with E-state index in [1.807, 2.05) is 23.9 Å². The maximum absolute atomic E-state index is 12.7. The largest absolute Gasteiger partial charge is 0.369 e. The van der Waals surface area contributed by atoms with Crippen molar-refractivity contribution in [3.8, 4) is 0 Å². The van der Waals surface area contributed by atoms with E-state index in [4.69, 9.17) is 11.6 Å². The summed E-state index contributed by atoms with van der Waals surface area (Å²) in [7, 11) is 0. The van der Waals surface area contributed by atoms with Gasteiger partial charge in [-0.1, -0.05) is 24.6 Å². The molecule has 1 saturated heterocycles. The van der Waals surface area contributed by atoms with Gasteiger partial charge in [0.05, 0.1) is 10.7 Å². The minimum absolute atomic E-state index is 0.0218. The fraction of sp³-hybridized carbons (Fsp3) is 0.364. The van der Waals surface area contributed by atoms with Gasteiger partial charge in [-0.3, -0.25) is 9.59 Å². The second-order valence-corrected chi connectivity index (χ2v) is 9.24. The summed E-state index contributed by atoms with van der Waals surface area (Å²) in [6.07, 6.45) is 0.930. The van der Waals surface area contributed by atoms with Crippen LogP contribution in [-0.2, 0) is 4.79 Å². The van der Waals surface area contributed by atoms with E-state index in [-0.39, 0.29) is 17.7 Å². The number of nitrogens with one attached hydrogen (secondary N) is 2. The molecule has 1 heterocycles. The van der Waals surface area contributed by atoms with Gasteiger partial charge in [-0.05, 0) is 48.7 Å². The van der Waals surface area contributed by atoms with Crippen molar-refractivity contribution in [2.75, 3.05) is 40.1 Å². The molecule has 1 saturated carbocycles. The van der Waals surface area contributed by atoms with Crippen molar-refractivity contribution in [1.29, 1.82) is 0 Å². The lowest BCUT2D eigenvalue weighted by Gasteiger charge is -2.29. The normalized spacial score (nSPS) is 20.8. The maximum Gasteiger partial charge on any atom is 0.255 e. The molecule has 0 radical (unpaired) electrons. The highest BCUT2D eigenvalue weighted by atomic mass is 35.5. The zero-order chi connectivity index (χ0) is 20.4. The molecule has 2 aromatic rings. The summed E-state index contributed by atoms with van der Waals surface area (Å²) in [4.78, 5) is 27.1. The number of nitrogens with zero attached hydrogens (tertiary/aromatic N) is 1.